The number of carboxylic acid groups (broad SMARTS) is 1. The van der Waals surface area contributed by atoms with Crippen LogP contribution in [0, 0.1) is 5.82 Å². The average Bonchev–Trinajstić information content (AvgIpc) is 3.40. The number of fused-ring (bicyclic) bond motifs is 3. The van der Waals surface area contributed by atoms with E-state index in [1.807, 2.05) is 0 Å². The van der Waals surface area contributed by atoms with Gasteiger partial charge in [-0.1, -0.05) is 0 Å². The van der Waals surface area contributed by atoms with Crippen LogP contribution >= 0.6 is 0 Å². The van der Waals surface area contributed by atoms with Crippen LogP contribution in [0.5, 0.6) is 0 Å². The Morgan fingerprint density at radius 1 is 1.32 bits per heavy atom. The number of rotatable bonds is 3. The predicted molar refractivity (Wildman–Crippen MR) is 86.5 cm³/mol. The van der Waals surface area contributed by atoms with Gasteiger partial charge in [-0.05, 0) is 18.9 Å². The van der Waals surface area contributed by atoms with E-state index in [1.54, 1.807) is 4.57 Å². The van der Waals surface area contributed by atoms with Gasteiger partial charge in [0.25, 0.3) is 0 Å². The van der Waals surface area contributed by atoms with Crippen molar-refractivity contribution in [2.45, 2.75) is 24.9 Å². The van der Waals surface area contributed by atoms with E-state index in [0.29, 0.717) is 0 Å². The fourth-order valence-electron chi connectivity index (χ4n) is 3.12. The summed E-state index contributed by atoms with van der Waals surface area (Å²) in [6.07, 6.45) is 2.83. The number of amides is 1. The van der Waals surface area contributed by atoms with E-state index in [0.717, 1.165) is 18.9 Å². The van der Waals surface area contributed by atoms with Crippen molar-refractivity contribution in [2.24, 2.45) is 0 Å². The van der Waals surface area contributed by atoms with Crippen LogP contribution in [0.2, 0.25) is 0 Å². The third-order valence-electron chi connectivity index (χ3n) is 4.50. The molecule has 0 spiro atoms. The normalized spacial score (nSPS) is 19.3. The van der Waals surface area contributed by atoms with Crippen molar-refractivity contribution in [2.75, 3.05) is 17.2 Å². The number of benzene rings is 1. The lowest BCUT2D eigenvalue weighted by molar-refractivity contribution is -0.117. The third kappa shape index (κ3) is 2.27. The second-order valence-electron chi connectivity index (χ2n) is 6.19. The lowest BCUT2D eigenvalue weighted by atomic mass is 10.0. The molecule has 25 heavy (non-hydrogen) atoms. The van der Waals surface area contributed by atoms with Gasteiger partial charge in [-0.15, -0.1) is 0 Å². The van der Waals surface area contributed by atoms with E-state index < -0.39 is 41.3 Å². The van der Waals surface area contributed by atoms with Crippen LogP contribution in [0.1, 0.15) is 29.2 Å². The summed E-state index contributed by atoms with van der Waals surface area (Å²) in [4.78, 5) is 35.9. The number of carboxylic acids is 1. The maximum atomic E-state index is 14.5. The van der Waals surface area contributed by atoms with Gasteiger partial charge in [0.1, 0.15) is 17.4 Å². The topological polar surface area (TPSA) is 121 Å². The molecule has 1 aromatic carbocycles. The van der Waals surface area contributed by atoms with Crippen LogP contribution in [0.3, 0.4) is 0 Å². The summed E-state index contributed by atoms with van der Waals surface area (Å²) in [5, 5.41) is 23.5. The highest BCUT2D eigenvalue weighted by Gasteiger charge is 2.33. The Hall–Kier alpha value is -2.94. The minimum Gasteiger partial charge on any atom is -0.477 e. The first-order chi connectivity index (χ1) is 11.9. The molecule has 1 unspecified atom stereocenters. The summed E-state index contributed by atoms with van der Waals surface area (Å²) < 4.78 is 16.1. The molecule has 4 N–H and O–H groups in total. The minimum absolute atomic E-state index is 0.0109. The molecule has 2 aromatic rings. The molecule has 9 heteroatoms. The summed E-state index contributed by atoms with van der Waals surface area (Å²) in [7, 11) is 0. The summed E-state index contributed by atoms with van der Waals surface area (Å²) in [6.45, 7) is -0.518. The highest BCUT2D eigenvalue weighted by molar-refractivity contribution is 6.11. The molecule has 130 valence electrons. The van der Waals surface area contributed by atoms with Crippen LogP contribution in [0.4, 0.5) is 15.8 Å². The Labute approximate surface area is 139 Å². The molecule has 1 amide bonds. The van der Waals surface area contributed by atoms with E-state index in [4.69, 9.17) is 0 Å². The number of carbonyl (C=O) groups excluding carboxylic acids is 1. The maximum absolute atomic E-state index is 14.5. The number of anilines is 2. The smallest absolute Gasteiger partial charge is 0.341 e. The van der Waals surface area contributed by atoms with Crippen molar-refractivity contribution in [3.63, 3.8) is 0 Å². The Morgan fingerprint density at radius 3 is 2.64 bits per heavy atom. The van der Waals surface area contributed by atoms with E-state index in [9.17, 15) is 29.0 Å². The quantitative estimate of drug-likeness (QED) is 0.655. The number of halogens is 1. The van der Waals surface area contributed by atoms with Gasteiger partial charge in [-0.3, -0.25) is 9.59 Å². The van der Waals surface area contributed by atoms with Gasteiger partial charge >= 0.3 is 5.97 Å². The van der Waals surface area contributed by atoms with Crippen LogP contribution in [-0.2, 0) is 4.79 Å². The number of hydrogen-bond acceptors (Lipinski definition) is 5. The number of aliphatic hydroxyl groups excluding tert-OH is 1. The highest BCUT2D eigenvalue weighted by Crippen LogP contribution is 2.42. The molecule has 1 atom stereocenters. The Balaban J connectivity index is 2.09. The Kier molecular flexibility index (Phi) is 3.29. The fourth-order valence-corrected chi connectivity index (χ4v) is 3.12. The van der Waals surface area contributed by atoms with Crippen LogP contribution in [-0.4, -0.2) is 39.3 Å². The molecule has 1 aliphatic carbocycles. The van der Waals surface area contributed by atoms with Gasteiger partial charge in [-0.2, -0.15) is 0 Å². The average molecular weight is 347 g/mol. The highest BCUT2D eigenvalue weighted by atomic mass is 19.1. The van der Waals surface area contributed by atoms with Crippen LogP contribution in [0.25, 0.3) is 10.9 Å². The number of nitrogens with zero attached hydrogens (tertiary/aromatic N) is 1. The number of aromatic nitrogens is 1. The SMILES string of the molecule is O=C(O)c1cn(C2CC2)c2c3c(c(F)cc2c1=O)NC(CO)C(=O)N3. The molecule has 0 bridgehead atoms. The molecule has 8 nitrogen and oxygen atoms in total. The zero-order chi connectivity index (χ0) is 17.9. The van der Waals surface area contributed by atoms with Gasteiger partial charge in [0, 0.05) is 12.2 Å². The Bertz CT molecular complexity index is 996. The third-order valence-corrected chi connectivity index (χ3v) is 4.50. The summed E-state index contributed by atoms with van der Waals surface area (Å²) in [5.74, 6) is -2.75. The predicted octanol–water partition coefficient (Wildman–Crippen LogP) is 0.899. The number of aromatic carboxylic acids is 1. The fraction of sp³-hybridized carbons (Fsp3) is 0.312. The van der Waals surface area contributed by atoms with Crippen molar-refractivity contribution in [1.82, 2.24) is 4.57 Å². The summed E-state index contributed by atoms with van der Waals surface area (Å²) in [6, 6.07) is -0.0390. The van der Waals surface area contributed by atoms with Gasteiger partial charge in [0.15, 0.2) is 0 Å². The monoisotopic (exact) mass is 347 g/mol. The largest absolute Gasteiger partial charge is 0.477 e. The first-order valence-electron chi connectivity index (χ1n) is 7.75. The zero-order valence-electron chi connectivity index (χ0n) is 12.9. The summed E-state index contributed by atoms with van der Waals surface area (Å²) in [5.41, 5.74) is -0.901. The first-order valence-corrected chi connectivity index (χ1v) is 7.75. The number of hydrogen-bond donors (Lipinski definition) is 4. The van der Waals surface area contributed by atoms with Gasteiger partial charge in [-0.25, -0.2) is 9.18 Å². The molecule has 1 fully saturated rings. The molecular weight excluding hydrogens is 333 g/mol. The molecule has 1 aliphatic heterocycles. The molecule has 0 saturated heterocycles. The first kappa shape index (κ1) is 15.6. The maximum Gasteiger partial charge on any atom is 0.341 e. The number of pyridine rings is 1. The lowest BCUT2D eigenvalue weighted by Crippen LogP contribution is -2.42. The standard InChI is InChI=1S/C16H14FN3O5/c17-9-3-7-13(12-11(9)18-10(5-21)15(23)19-12)20(6-1-2-6)4-8(14(7)22)16(24)25/h3-4,6,10,18,21H,1-2,5H2,(H,19,23)(H,24,25). The molecule has 1 aromatic heterocycles. The van der Waals surface area contributed by atoms with E-state index >= 15 is 0 Å². The molecule has 1 saturated carbocycles. The summed E-state index contributed by atoms with van der Waals surface area (Å²) >= 11 is 0. The van der Waals surface area contributed by atoms with Crippen molar-refractivity contribution in [3.05, 3.63) is 33.9 Å². The van der Waals surface area contributed by atoms with E-state index in [-0.39, 0.29) is 28.3 Å². The molecule has 2 aliphatic rings. The van der Waals surface area contributed by atoms with Crippen molar-refractivity contribution < 1.29 is 24.2 Å². The molecule has 0 radical (unpaired) electrons. The van der Waals surface area contributed by atoms with Crippen molar-refractivity contribution in [3.8, 4) is 0 Å². The second kappa shape index (κ2) is 5.28. The number of nitrogens with one attached hydrogen (secondary N) is 2. The second-order valence-corrected chi connectivity index (χ2v) is 6.19. The number of carbonyl (C=O) groups is 2. The van der Waals surface area contributed by atoms with Crippen LogP contribution in [0.15, 0.2) is 17.1 Å². The van der Waals surface area contributed by atoms with Gasteiger partial charge in [0.2, 0.25) is 11.3 Å². The Morgan fingerprint density at radius 2 is 2.04 bits per heavy atom. The number of aliphatic hydroxyl groups is 1. The lowest BCUT2D eigenvalue weighted by Gasteiger charge is -2.28. The van der Waals surface area contributed by atoms with E-state index in [2.05, 4.69) is 10.6 Å². The van der Waals surface area contributed by atoms with Crippen LogP contribution < -0.4 is 16.1 Å². The molecule has 4 rings (SSSR count). The molecule has 2 heterocycles. The van der Waals surface area contributed by atoms with Gasteiger partial charge in [0.05, 0.1) is 28.9 Å². The minimum atomic E-state index is -1.39. The zero-order valence-corrected chi connectivity index (χ0v) is 12.9. The molecular formula is C16H14FN3O5. The van der Waals surface area contributed by atoms with Crippen molar-refractivity contribution >= 4 is 34.2 Å². The van der Waals surface area contributed by atoms with Crippen molar-refractivity contribution in [1.29, 1.82) is 0 Å². The van der Waals surface area contributed by atoms with Gasteiger partial charge < -0.3 is 25.4 Å². The van der Waals surface area contributed by atoms with E-state index in [1.165, 1.54) is 6.20 Å².